The van der Waals surface area contributed by atoms with Gasteiger partial charge in [0.25, 0.3) is 0 Å². The second-order valence-corrected chi connectivity index (χ2v) is 5.15. The zero-order chi connectivity index (χ0) is 12.9. The van der Waals surface area contributed by atoms with Crippen molar-refractivity contribution in [3.63, 3.8) is 0 Å². The van der Waals surface area contributed by atoms with Crippen molar-refractivity contribution in [2.45, 2.75) is 32.6 Å². The second-order valence-electron chi connectivity index (χ2n) is 3.90. The van der Waals surface area contributed by atoms with Gasteiger partial charge in [0.1, 0.15) is 0 Å². The van der Waals surface area contributed by atoms with Crippen LogP contribution in [0.25, 0.3) is 0 Å². The van der Waals surface area contributed by atoms with Gasteiger partial charge in [0.2, 0.25) is 0 Å². The van der Waals surface area contributed by atoms with Crippen LogP contribution in [0.3, 0.4) is 0 Å². The lowest BCUT2D eigenvalue weighted by atomic mass is 10.3. The molecule has 1 aromatic rings. The summed E-state index contributed by atoms with van der Waals surface area (Å²) in [6.07, 6.45) is -3.42. The van der Waals surface area contributed by atoms with E-state index in [0.29, 0.717) is 26.1 Å². The molecule has 1 heterocycles. The average Bonchev–Trinajstić information content (AvgIpc) is 2.63. The number of halogens is 3. The highest BCUT2D eigenvalue weighted by molar-refractivity contribution is 7.11. The average molecular weight is 266 g/mol. The van der Waals surface area contributed by atoms with E-state index in [1.807, 2.05) is 19.1 Å². The Morgan fingerprint density at radius 2 is 1.94 bits per heavy atom. The predicted molar refractivity (Wildman–Crippen MR) is 63.8 cm³/mol. The van der Waals surface area contributed by atoms with E-state index in [-0.39, 0.29) is 0 Å². The van der Waals surface area contributed by atoms with Gasteiger partial charge in [-0.15, -0.1) is 11.3 Å². The number of alkyl halides is 3. The van der Waals surface area contributed by atoms with Crippen LogP contribution in [0.5, 0.6) is 0 Å². The molecule has 0 saturated heterocycles. The highest BCUT2D eigenvalue weighted by Gasteiger charge is 2.30. The quantitative estimate of drug-likeness (QED) is 0.857. The predicted octanol–water partition coefficient (Wildman–Crippen LogP) is 2.98. The number of thiophene rings is 1. The van der Waals surface area contributed by atoms with Crippen molar-refractivity contribution in [1.82, 2.24) is 4.90 Å². The molecule has 0 fully saturated rings. The first-order chi connectivity index (χ1) is 7.94. The van der Waals surface area contributed by atoms with E-state index in [1.165, 1.54) is 16.2 Å². The summed E-state index contributed by atoms with van der Waals surface area (Å²) in [6.45, 7) is 2.27. The molecular formula is C11H17F3N2S. The standard InChI is InChI=1S/C11H17F3N2S/c1-2-5-16(8-11(12,13)14)7-10-4-3-9(6-15)17-10/h3-4H,2,5-8,15H2,1H3. The van der Waals surface area contributed by atoms with Crippen LogP contribution in [0, 0.1) is 0 Å². The van der Waals surface area contributed by atoms with E-state index in [0.717, 1.165) is 9.75 Å². The summed E-state index contributed by atoms with van der Waals surface area (Å²) in [5.74, 6) is 0. The van der Waals surface area contributed by atoms with Gasteiger partial charge in [0, 0.05) is 22.8 Å². The maximum Gasteiger partial charge on any atom is 0.401 e. The number of nitrogens with two attached hydrogens (primary N) is 1. The summed E-state index contributed by atoms with van der Waals surface area (Å²) in [6, 6.07) is 3.73. The normalized spacial score (nSPS) is 12.4. The highest BCUT2D eigenvalue weighted by Crippen LogP contribution is 2.21. The molecule has 0 bridgehead atoms. The molecule has 0 aliphatic heterocycles. The Morgan fingerprint density at radius 1 is 1.29 bits per heavy atom. The second kappa shape index (κ2) is 6.37. The highest BCUT2D eigenvalue weighted by atomic mass is 32.1. The van der Waals surface area contributed by atoms with Gasteiger partial charge in [-0.25, -0.2) is 0 Å². The molecule has 1 rings (SSSR count). The first-order valence-electron chi connectivity index (χ1n) is 5.51. The number of nitrogens with zero attached hydrogens (tertiary/aromatic N) is 1. The van der Waals surface area contributed by atoms with Gasteiger partial charge in [0.15, 0.2) is 0 Å². The van der Waals surface area contributed by atoms with Crippen LogP contribution in [0.1, 0.15) is 23.1 Å². The first-order valence-corrected chi connectivity index (χ1v) is 6.33. The molecular weight excluding hydrogens is 249 g/mol. The fourth-order valence-electron chi connectivity index (χ4n) is 1.62. The smallest absolute Gasteiger partial charge is 0.326 e. The van der Waals surface area contributed by atoms with Crippen LogP contribution in [0.15, 0.2) is 12.1 Å². The number of hydrogen-bond acceptors (Lipinski definition) is 3. The summed E-state index contributed by atoms with van der Waals surface area (Å²) in [5.41, 5.74) is 5.47. The van der Waals surface area contributed by atoms with E-state index in [4.69, 9.17) is 5.73 Å². The van der Waals surface area contributed by atoms with Crippen molar-refractivity contribution in [2.24, 2.45) is 5.73 Å². The molecule has 17 heavy (non-hydrogen) atoms. The van der Waals surface area contributed by atoms with Gasteiger partial charge in [-0.05, 0) is 25.1 Å². The molecule has 0 atom stereocenters. The molecule has 0 amide bonds. The van der Waals surface area contributed by atoms with Crippen LogP contribution in [0.4, 0.5) is 13.2 Å². The van der Waals surface area contributed by atoms with E-state index < -0.39 is 12.7 Å². The van der Waals surface area contributed by atoms with Gasteiger partial charge in [-0.3, -0.25) is 4.90 Å². The van der Waals surface area contributed by atoms with Crippen LogP contribution >= 0.6 is 11.3 Å². The Hall–Kier alpha value is -0.590. The minimum atomic E-state index is -4.14. The van der Waals surface area contributed by atoms with E-state index >= 15 is 0 Å². The van der Waals surface area contributed by atoms with Crippen LogP contribution in [-0.2, 0) is 13.1 Å². The third-order valence-electron chi connectivity index (χ3n) is 2.24. The Kier molecular flexibility index (Phi) is 5.42. The van der Waals surface area contributed by atoms with Gasteiger partial charge in [0.05, 0.1) is 6.54 Å². The molecule has 2 N–H and O–H groups in total. The van der Waals surface area contributed by atoms with Gasteiger partial charge < -0.3 is 5.73 Å². The Bertz CT molecular complexity index is 336. The lowest BCUT2D eigenvalue weighted by Gasteiger charge is -2.22. The fraction of sp³-hybridized carbons (Fsp3) is 0.636. The van der Waals surface area contributed by atoms with Gasteiger partial charge >= 0.3 is 6.18 Å². The third-order valence-corrected chi connectivity index (χ3v) is 3.33. The van der Waals surface area contributed by atoms with E-state index in [9.17, 15) is 13.2 Å². The van der Waals surface area contributed by atoms with Gasteiger partial charge in [-0.1, -0.05) is 6.92 Å². The van der Waals surface area contributed by atoms with Crippen molar-refractivity contribution in [2.75, 3.05) is 13.1 Å². The van der Waals surface area contributed by atoms with Crippen molar-refractivity contribution in [3.05, 3.63) is 21.9 Å². The lowest BCUT2D eigenvalue weighted by Crippen LogP contribution is -2.34. The van der Waals surface area contributed by atoms with Crippen molar-refractivity contribution < 1.29 is 13.2 Å². The van der Waals surface area contributed by atoms with Crippen molar-refractivity contribution in [3.8, 4) is 0 Å². The molecule has 98 valence electrons. The van der Waals surface area contributed by atoms with Gasteiger partial charge in [-0.2, -0.15) is 13.2 Å². The minimum absolute atomic E-state index is 0.345. The molecule has 6 heteroatoms. The van der Waals surface area contributed by atoms with Crippen LogP contribution < -0.4 is 5.73 Å². The number of rotatable bonds is 6. The molecule has 0 aliphatic carbocycles. The molecule has 0 saturated carbocycles. The van der Waals surface area contributed by atoms with Crippen molar-refractivity contribution in [1.29, 1.82) is 0 Å². The van der Waals surface area contributed by atoms with Crippen LogP contribution in [-0.4, -0.2) is 24.2 Å². The van der Waals surface area contributed by atoms with Crippen molar-refractivity contribution >= 4 is 11.3 Å². The lowest BCUT2D eigenvalue weighted by molar-refractivity contribution is -0.147. The summed E-state index contributed by atoms with van der Waals surface area (Å²) in [4.78, 5) is 3.36. The third kappa shape index (κ3) is 5.52. The zero-order valence-corrected chi connectivity index (χ0v) is 10.6. The fourth-order valence-corrected chi connectivity index (χ4v) is 2.56. The summed E-state index contributed by atoms with van der Waals surface area (Å²) >= 11 is 1.48. The van der Waals surface area contributed by atoms with E-state index in [2.05, 4.69) is 0 Å². The maximum atomic E-state index is 12.3. The Morgan fingerprint density at radius 3 is 2.41 bits per heavy atom. The largest absolute Gasteiger partial charge is 0.401 e. The topological polar surface area (TPSA) is 29.3 Å². The Labute approximate surface area is 103 Å². The van der Waals surface area contributed by atoms with Crippen LogP contribution in [0.2, 0.25) is 0 Å². The molecule has 0 aliphatic rings. The maximum absolute atomic E-state index is 12.3. The minimum Gasteiger partial charge on any atom is -0.326 e. The molecule has 0 spiro atoms. The zero-order valence-electron chi connectivity index (χ0n) is 9.76. The molecule has 1 aromatic heterocycles. The summed E-state index contributed by atoms with van der Waals surface area (Å²) in [5, 5.41) is 0. The molecule has 2 nitrogen and oxygen atoms in total. The van der Waals surface area contributed by atoms with E-state index in [1.54, 1.807) is 0 Å². The number of hydrogen-bond donors (Lipinski definition) is 1. The Balaban J connectivity index is 2.59. The summed E-state index contributed by atoms with van der Waals surface area (Å²) < 4.78 is 37.0. The summed E-state index contributed by atoms with van der Waals surface area (Å²) in [7, 11) is 0. The first kappa shape index (κ1) is 14.5. The monoisotopic (exact) mass is 266 g/mol. The molecule has 0 unspecified atom stereocenters. The SMILES string of the molecule is CCCN(Cc1ccc(CN)s1)CC(F)(F)F. The molecule has 0 radical (unpaired) electrons. The molecule has 0 aromatic carbocycles.